The highest BCUT2D eigenvalue weighted by atomic mass is 19.1. The minimum atomic E-state index is -0.902. The van der Waals surface area contributed by atoms with E-state index in [2.05, 4.69) is 16.0 Å². The Balaban J connectivity index is 1.87. The predicted octanol–water partition coefficient (Wildman–Crippen LogP) is 1.88. The van der Waals surface area contributed by atoms with Gasteiger partial charge in [-0.15, -0.1) is 0 Å². The molecule has 0 fully saturated rings. The summed E-state index contributed by atoms with van der Waals surface area (Å²) in [5, 5.41) is 16.5. The van der Waals surface area contributed by atoms with Crippen LogP contribution in [-0.2, 0) is 27.2 Å². The first-order valence-corrected chi connectivity index (χ1v) is 14.0. The summed E-state index contributed by atoms with van der Waals surface area (Å²) in [7, 11) is 1.56. The molecule has 1 aliphatic heterocycles. The number of nitrogens with one attached hydrogen (secondary N) is 4. The van der Waals surface area contributed by atoms with Gasteiger partial charge in [0.2, 0.25) is 17.7 Å². The Hall–Kier alpha value is -3.99. The number of carbonyl (C=O) groups excluding carboxylic acids is 3. The maximum absolute atomic E-state index is 14.0. The molecule has 2 aromatic carbocycles. The number of amidine groups is 1. The lowest BCUT2D eigenvalue weighted by Gasteiger charge is -2.30. The van der Waals surface area contributed by atoms with Crippen molar-refractivity contribution >= 4 is 23.6 Å². The van der Waals surface area contributed by atoms with Crippen molar-refractivity contribution in [3.8, 4) is 5.75 Å². The molecule has 3 amide bonds. The van der Waals surface area contributed by atoms with Gasteiger partial charge in [-0.1, -0.05) is 37.3 Å². The second-order valence-electron chi connectivity index (χ2n) is 10.4. The van der Waals surface area contributed by atoms with Crippen molar-refractivity contribution in [3.63, 3.8) is 0 Å². The molecule has 0 radical (unpaired) electrons. The molecule has 1 aliphatic rings. The Labute approximate surface area is 240 Å². The number of nitrogens with two attached hydrogens (primary N) is 1. The zero-order valence-corrected chi connectivity index (χ0v) is 24.1. The van der Waals surface area contributed by atoms with Gasteiger partial charge in [0.1, 0.15) is 35.6 Å². The fourth-order valence-electron chi connectivity index (χ4n) is 4.60. The zero-order chi connectivity index (χ0) is 30.1. The Kier molecular flexibility index (Phi) is 11.2. The second kappa shape index (κ2) is 14.6. The molecule has 2 aromatic rings. The summed E-state index contributed by atoms with van der Waals surface area (Å²) >= 11 is 0. The lowest BCUT2D eigenvalue weighted by Crippen LogP contribution is -2.56. The van der Waals surface area contributed by atoms with E-state index < -0.39 is 29.8 Å². The number of benzene rings is 2. The third kappa shape index (κ3) is 8.75. The van der Waals surface area contributed by atoms with Gasteiger partial charge in [0.15, 0.2) is 0 Å². The molecule has 0 spiro atoms. The summed E-state index contributed by atoms with van der Waals surface area (Å²) in [6, 6.07) is 9.00. The Morgan fingerprint density at radius 3 is 2.46 bits per heavy atom. The minimum Gasteiger partial charge on any atom is -0.489 e. The number of fused-ring (bicyclic) bond motifs is 1. The first kappa shape index (κ1) is 31.5. The highest BCUT2D eigenvalue weighted by Gasteiger charge is 2.30. The molecule has 10 nitrogen and oxygen atoms in total. The fourth-order valence-corrected chi connectivity index (χ4v) is 4.60. The number of likely N-dealkylation sites (N-methyl/N-ethyl adjacent to an activating group) is 1. The number of nitrogens with zero attached hydrogens (tertiary/aromatic N) is 1. The van der Waals surface area contributed by atoms with Gasteiger partial charge in [-0.25, -0.2) is 4.39 Å². The number of hydrogen-bond donors (Lipinski definition) is 5. The van der Waals surface area contributed by atoms with Gasteiger partial charge in [-0.05, 0) is 50.3 Å². The lowest BCUT2D eigenvalue weighted by molar-refractivity contribution is -0.140. The van der Waals surface area contributed by atoms with Gasteiger partial charge in [0, 0.05) is 38.2 Å². The SMILES string of the molecule is CCC1NC[C@@H](C)Oc2cc(F)ccc2CCCNC(=O)[C@@H](Cc2ccc(C(=N)N)cc2)NC(=O)[C@@H](C)N(C)C1=O. The smallest absolute Gasteiger partial charge is 0.243 e. The van der Waals surface area contributed by atoms with Crippen LogP contribution in [0.15, 0.2) is 42.5 Å². The molecule has 6 N–H and O–H groups in total. The fraction of sp³-hybridized carbons (Fsp3) is 0.467. The molecule has 4 atom stereocenters. The zero-order valence-electron chi connectivity index (χ0n) is 24.1. The number of hydrogen-bond acceptors (Lipinski definition) is 6. The van der Waals surface area contributed by atoms with Crippen LogP contribution in [0.3, 0.4) is 0 Å². The van der Waals surface area contributed by atoms with Gasteiger partial charge >= 0.3 is 0 Å². The molecule has 11 heteroatoms. The summed E-state index contributed by atoms with van der Waals surface area (Å²) in [5.74, 6) is -1.14. The standard InChI is InChI=1S/C30H41FN6O4/c1-5-24-30(40)37(4)19(3)28(38)36-25(15-20-8-10-22(11-9-20)27(32)33)29(39)34-14-6-7-21-12-13-23(31)16-26(21)41-18(2)17-35-24/h8-13,16,18-19,24-25,35H,5-7,14-15,17H2,1-4H3,(H3,32,33)(H,34,39)(H,36,38)/t18-,19-,24?,25-/m1/s1. The van der Waals surface area contributed by atoms with Crippen LogP contribution in [0, 0.1) is 11.2 Å². The van der Waals surface area contributed by atoms with Crippen molar-refractivity contribution in [2.45, 2.75) is 70.7 Å². The van der Waals surface area contributed by atoms with Crippen LogP contribution in [0.1, 0.15) is 50.3 Å². The summed E-state index contributed by atoms with van der Waals surface area (Å²) in [4.78, 5) is 41.2. The van der Waals surface area contributed by atoms with Crippen LogP contribution < -0.4 is 26.4 Å². The minimum absolute atomic E-state index is 0.0654. The number of nitrogen functional groups attached to an aromatic ring is 1. The van der Waals surface area contributed by atoms with Crippen LogP contribution >= 0.6 is 0 Å². The molecule has 1 heterocycles. The summed E-state index contributed by atoms with van der Waals surface area (Å²) in [6.07, 6.45) is 1.44. The van der Waals surface area contributed by atoms with Crippen molar-refractivity contribution in [1.29, 1.82) is 5.41 Å². The first-order chi connectivity index (χ1) is 19.5. The molecule has 1 unspecified atom stereocenters. The van der Waals surface area contributed by atoms with Crippen LogP contribution in [0.2, 0.25) is 0 Å². The number of carbonyl (C=O) groups is 3. The maximum atomic E-state index is 14.0. The Morgan fingerprint density at radius 1 is 1.10 bits per heavy atom. The van der Waals surface area contributed by atoms with E-state index in [-0.39, 0.29) is 30.2 Å². The van der Waals surface area contributed by atoms with E-state index in [1.54, 1.807) is 44.3 Å². The summed E-state index contributed by atoms with van der Waals surface area (Å²) in [6.45, 7) is 5.99. The molecule has 0 bridgehead atoms. The molecule has 0 aliphatic carbocycles. The number of amides is 3. The molecular weight excluding hydrogens is 527 g/mol. The van der Waals surface area contributed by atoms with E-state index in [4.69, 9.17) is 15.9 Å². The van der Waals surface area contributed by atoms with E-state index in [0.717, 1.165) is 11.1 Å². The largest absolute Gasteiger partial charge is 0.489 e. The van der Waals surface area contributed by atoms with Gasteiger partial charge in [-0.2, -0.15) is 0 Å². The normalized spacial score (nSPS) is 23.3. The van der Waals surface area contributed by atoms with Crippen LogP contribution in [-0.4, -0.2) is 72.8 Å². The Bertz CT molecular complexity index is 1240. The number of rotatable bonds is 4. The number of ether oxygens (including phenoxy) is 1. The molecule has 222 valence electrons. The van der Waals surface area contributed by atoms with Gasteiger partial charge < -0.3 is 31.3 Å². The molecule has 0 saturated carbocycles. The van der Waals surface area contributed by atoms with E-state index in [9.17, 15) is 18.8 Å². The molecule has 41 heavy (non-hydrogen) atoms. The van der Waals surface area contributed by atoms with Crippen molar-refractivity contribution in [3.05, 3.63) is 65.0 Å². The number of aryl methyl sites for hydroxylation is 1. The topological polar surface area (TPSA) is 150 Å². The van der Waals surface area contributed by atoms with Crippen LogP contribution in [0.5, 0.6) is 5.75 Å². The van der Waals surface area contributed by atoms with Crippen molar-refractivity contribution in [2.75, 3.05) is 20.1 Å². The van der Waals surface area contributed by atoms with E-state index in [0.29, 0.717) is 43.7 Å². The van der Waals surface area contributed by atoms with Crippen LogP contribution in [0.25, 0.3) is 0 Å². The maximum Gasteiger partial charge on any atom is 0.243 e. The summed E-state index contributed by atoms with van der Waals surface area (Å²) in [5.41, 5.74) is 7.68. The van der Waals surface area contributed by atoms with E-state index >= 15 is 0 Å². The first-order valence-electron chi connectivity index (χ1n) is 14.0. The Morgan fingerprint density at radius 2 is 1.80 bits per heavy atom. The van der Waals surface area contributed by atoms with Gasteiger partial charge in [-0.3, -0.25) is 19.8 Å². The third-order valence-electron chi connectivity index (χ3n) is 7.28. The molecule has 0 aromatic heterocycles. The molecule has 3 rings (SSSR count). The quantitative estimate of drug-likeness (QED) is 0.281. The lowest BCUT2D eigenvalue weighted by atomic mass is 10.0. The molecule has 0 saturated heterocycles. The van der Waals surface area contributed by atoms with Crippen molar-refractivity contribution < 1.29 is 23.5 Å². The van der Waals surface area contributed by atoms with Crippen molar-refractivity contribution in [1.82, 2.24) is 20.9 Å². The number of halogens is 1. The monoisotopic (exact) mass is 568 g/mol. The average Bonchev–Trinajstić information content (AvgIpc) is 2.94. The average molecular weight is 569 g/mol. The van der Waals surface area contributed by atoms with E-state index in [1.165, 1.54) is 17.0 Å². The predicted molar refractivity (Wildman–Crippen MR) is 155 cm³/mol. The summed E-state index contributed by atoms with van der Waals surface area (Å²) < 4.78 is 20.1. The van der Waals surface area contributed by atoms with Gasteiger partial charge in [0.25, 0.3) is 0 Å². The van der Waals surface area contributed by atoms with Crippen molar-refractivity contribution in [2.24, 2.45) is 5.73 Å². The van der Waals surface area contributed by atoms with Gasteiger partial charge in [0.05, 0.1) is 6.04 Å². The third-order valence-corrected chi connectivity index (χ3v) is 7.28. The highest BCUT2D eigenvalue weighted by Crippen LogP contribution is 2.23. The molecular formula is C30H41FN6O4. The van der Waals surface area contributed by atoms with E-state index in [1.807, 2.05) is 13.8 Å². The van der Waals surface area contributed by atoms with Crippen LogP contribution in [0.4, 0.5) is 4.39 Å². The highest BCUT2D eigenvalue weighted by molar-refractivity contribution is 5.95. The second-order valence-corrected chi connectivity index (χ2v) is 10.4.